The molecule has 5 nitrogen and oxygen atoms in total. The highest BCUT2D eigenvalue weighted by atomic mass is 16.5. The van der Waals surface area contributed by atoms with E-state index in [1.54, 1.807) is 6.08 Å². The molecule has 1 aliphatic rings. The molecule has 0 saturated carbocycles. The first-order chi connectivity index (χ1) is 11.7. The maximum Gasteiger partial charge on any atom is 0.329 e. The van der Waals surface area contributed by atoms with Gasteiger partial charge in [-0.1, -0.05) is 42.5 Å². The van der Waals surface area contributed by atoms with Crippen LogP contribution < -0.4 is 10.1 Å². The minimum absolute atomic E-state index is 0.341. The lowest BCUT2D eigenvalue weighted by Crippen LogP contribution is -2.27. The van der Waals surface area contributed by atoms with Crippen molar-refractivity contribution in [2.75, 3.05) is 6.61 Å². The highest BCUT2D eigenvalue weighted by molar-refractivity contribution is 6.13. The van der Waals surface area contributed by atoms with Crippen LogP contribution in [0.3, 0.4) is 0 Å². The molecule has 0 unspecified atom stereocenters. The van der Waals surface area contributed by atoms with Crippen molar-refractivity contribution >= 4 is 18.0 Å². The highest BCUT2D eigenvalue weighted by Crippen LogP contribution is 2.21. The standard InChI is InChI=1S/C19H18N2O3/c1-2-24-16-10-8-14(9-11-16)12-17-18(22)20-19(23)21(17)13-15-6-4-3-5-7-15/h3-12H,2,13H2,1H3,(H,20,22,23)/b17-12+. The highest BCUT2D eigenvalue weighted by Gasteiger charge is 2.32. The van der Waals surface area contributed by atoms with Crippen LogP contribution >= 0.6 is 0 Å². The van der Waals surface area contributed by atoms with Crippen LogP contribution in [0.5, 0.6) is 5.75 Å². The zero-order valence-corrected chi connectivity index (χ0v) is 13.4. The van der Waals surface area contributed by atoms with Crippen LogP contribution in [-0.2, 0) is 11.3 Å². The van der Waals surface area contributed by atoms with E-state index in [1.165, 1.54) is 4.90 Å². The van der Waals surface area contributed by atoms with Crippen molar-refractivity contribution in [2.24, 2.45) is 0 Å². The minimum Gasteiger partial charge on any atom is -0.494 e. The predicted octanol–water partition coefficient (Wildman–Crippen LogP) is 3.18. The van der Waals surface area contributed by atoms with Crippen LogP contribution in [0, 0.1) is 0 Å². The molecule has 0 spiro atoms. The summed E-state index contributed by atoms with van der Waals surface area (Å²) in [6.45, 7) is 2.87. The number of hydrogen-bond donors (Lipinski definition) is 1. The molecule has 2 aromatic rings. The molecular weight excluding hydrogens is 304 g/mol. The second-order valence-electron chi connectivity index (χ2n) is 5.36. The first-order valence-electron chi connectivity index (χ1n) is 7.78. The van der Waals surface area contributed by atoms with Gasteiger partial charge in [-0.25, -0.2) is 4.79 Å². The van der Waals surface area contributed by atoms with Crippen molar-refractivity contribution < 1.29 is 14.3 Å². The van der Waals surface area contributed by atoms with Gasteiger partial charge in [0, 0.05) is 0 Å². The monoisotopic (exact) mass is 322 g/mol. The summed E-state index contributed by atoms with van der Waals surface area (Å²) in [6.07, 6.45) is 1.71. The van der Waals surface area contributed by atoms with E-state index in [9.17, 15) is 9.59 Å². The molecule has 1 aliphatic heterocycles. The lowest BCUT2D eigenvalue weighted by atomic mass is 10.1. The number of nitrogens with one attached hydrogen (secondary N) is 1. The zero-order valence-electron chi connectivity index (χ0n) is 13.4. The number of amides is 3. The van der Waals surface area contributed by atoms with Gasteiger partial charge in [0.1, 0.15) is 11.4 Å². The van der Waals surface area contributed by atoms with Crippen molar-refractivity contribution in [3.8, 4) is 5.75 Å². The van der Waals surface area contributed by atoms with Crippen LogP contribution in [0.4, 0.5) is 4.79 Å². The Morgan fingerprint density at radius 1 is 1.04 bits per heavy atom. The Hall–Kier alpha value is -3.08. The van der Waals surface area contributed by atoms with Crippen molar-refractivity contribution in [3.63, 3.8) is 0 Å². The van der Waals surface area contributed by atoms with E-state index >= 15 is 0 Å². The lowest BCUT2D eigenvalue weighted by molar-refractivity contribution is -0.116. The quantitative estimate of drug-likeness (QED) is 0.679. The van der Waals surface area contributed by atoms with E-state index in [1.807, 2.05) is 61.5 Å². The number of nitrogens with zero attached hydrogens (tertiary/aromatic N) is 1. The smallest absolute Gasteiger partial charge is 0.329 e. The fourth-order valence-corrected chi connectivity index (χ4v) is 2.51. The Morgan fingerprint density at radius 2 is 1.75 bits per heavy atom. The summed E-state index contributed by atoms with van der Waals surface area (Å²) in [6, 6.07) is 16.6. The summed E-state index contributed by atoms with van der Waals surface area (Å²) in [7, 11) is 0. The molecule has 1 saturated heterocycles. The van der Waals surface area contributed by atoms with Crippen LogP contribution in [0.15, 0.2) is 60.3 Å². The Balaban J connectivity index is 1.85. The third-order valence-electron chi connectivity index (χ3n) is 3.67. The normalized spacial score (nSPS) is 15.7. The largest absolute Gasteiger partial charge is 0.494 e. The Labute approximate surface area is 140 Å². The topological polar surface area (TPSA) is 58.6 Å². The van der Waals surface area contributed by atoms with E-state index < -0.39 is 6.03 Å². The molecule has 1 N–H and O–H groups in total. The molecule has 0 aliphatic carbocycles. The molecule has 0 aromatic heterocycles. The summed E-state index contributed by atoms with van der Waals surface area (Å²) in [5.74, 6) is 0.387. The number of carbonyl (C=O) groups excluding carboxylic acids is 2. The van der Waals surface area contributed by atoms with Gasteiger partial charge in [0.15, 0.2) is 0 Å². The van der Waals surface area contributed by atoms with E-state index in [0.717, 1.165) is 16.9 Å². The molecule has 3 amide bonds. The summed E-state index contributed by atoms with van der Waals surface area (Å²) < 4.78 is 5.40. The molecule has 3 rings (SSSR count). The van der Waals surface area contributed by atoms with E-state index in [0.29, 0.717) is 18.8 Å². The molecule has 5 heteroatoms. The summed E-state index contributed by atoms with van der Waals surface area (Å²) in [5, 5.41) is 2.34. The third kappa shape index (κ3) is 3.46. The molecule has 24 heavy (non-hydrogen) atoms. The van der Waals surface area contributed by atoms with Crippen molar-refractivity contribution in [1.29, 1.82) is 0 Å². The number of urea groups is 1. The van der Waals surface area contributed by atoms with Crippen LogP contribution in [0.25, 0.3) is 6.08 Å². The van der Waals surface area contributed by atoms with Crippen molar-refractivity contribution in [2.45, 2.75) is 13.5 Å². The Morgan fingerprint density at radius 3 is 2.42 bits per heavy atom. The lowest BCUT2D eigenvalue weighted by Gasteiger charge is -2.15. The second kappa shape index (κ2) is 7.00. The number of rotatable bonds is 5. The molecule has 1 fully saturated rings. The molecule has 122 valence electrons. The molecule has 1 heterocycles. The third-order valence-corrected chi connectivity index (χ3v) is 3.67. The second-order valence-corrected chi connectivity index (χ2v) is 5.36. The van der Waals surface area contributed by atoms with E-state index in [-0.39, 0.29) is 5.91 Å². The maximum absolute atomic E-state index is 12.1. The predicted molar refractivity (Wildman–Crippen MR) is 91.1 cm³/mol. The van der Waals surface area contributed by atoms with Crippen molar-refractivity contribution in [3.05, 3.63) is 71.4 Å². The fourth-order valence-electron chi connectivity index (χ4n) is 2.51. The number of ether oxygens (including phenoxy) is 1. The minimum atomic E-state index is -0.402. The fraction of sp³-hybridized carbons (Fsp3) is 0.158. The Bertz CT molecular complexity index is 767. The average molecular weight is 322 g/mol. The van der Waals surface area contributed by atoms with Crippen LogP contribution in [-0.4, -0.2) is 23.4 Å². The maximum atomic E-state index is 12.1. The summed E-state index contributed by atoms with van der Waals surface area (Å²) in [4.78, 5) is 25.6. The van der Waals surface area contributed by atoms with Gasteiger partial charge in [-0.2, -0.15) is 0 Å². The van der Waals surface area contributed by atoms with Gasteiger partial charge >= 0.3 is 6.03 Å². The first kappa shape index (κ1) is 15.8. The van der Waals surface area contributed by atoms with Gasteiger partial charge in [0.25, 0.3) is 5.91 Å². The van der Waals surface area contributed by atoms with Crippen LogP contribution in [0.2, 0.25) is 0 Å². The molecule has 0 atom stereocenters. The first-order valence-corrected chi connectivity index (χ1v) is 7.78. The average Bonchev–Trinajstić information content (AvgIpc) is 2.85. The van der Waals surface area contributed by atoms with E-state index in [2.05, 4.69) is 5.32 Å². The summed E-state index contributed by atoms with van der Waals surface area (Å²) in [5.41, 5.74) is 2.13. The molecule has 0 bridgehead atoms. The SMILES string of the molecule is CCOc1ccc(/C=C2\C(=O)NC(=O)N2Cc2ccccc2)cc1. The molecule has 0 radical (unpaired) electrons. The number of benzene rings is 2. The number of hydrogen-bond acceptors (Lipinski definition) is 3. The van der Waals surface area contributed by atoms with Gasteiger partial charge in [0.2, 0.25) is 0 Å². The van der Waals surface area contributed by atoms with Crippen molar-refractivity contribution in [1.82, 2.24) is 10.2 Å². The molecule has 2 aromatic carbocycles. The molecular formula is C19H18N2O3. The van der Waals surface area contributed by atoms with E-state index in [4.69, 9.17) is 4.74 Å². The zero-order chi connectivity index (χ0) is 16.9. The van der Waals surface area contributed by atoms with Gasteiger partial charge in [-0.3, -0.25) is 15.0 Å². The summed E-state index contributed by atoms with van der Waals surface area (Å²) >= 11 is 0. The number of carbonyl (C=O) groups is 2. The van der Waals surface area contributed by atoms with Gasteiger partial charge in [0.05, 0.1) is 13.2 Å². The Kier molecular flexibility index (Phi) is 4.61. The number of imide groups is 1. The van der Waals surface area contributed by atoms with Crippen LogP contribution in [0.1, 0.15) is 18.1 Å². The van der Waals surface area contributed by atoms with Gasteiger partial charge in [-0.05, 0) is 36.3 Å². The van der Waals surface area contributed by atoms with Gasteiger partial charge < -0.3 is 4.74 Å². The van der Waals surface area contributed by atoms with Gasteiger partial charge in [-0.15, -0.1) is 0 Å².